The summed E-state index contributed by atoms with van der Waals surface area (Å²) in [5.41, 5.74) is 0.0144. The topological polar surface area (TPSA) is 93.5 Å². The number of aromatic hydroxyl groups is 1. The number of carbonyl (C=O) groups is 2. The van der Waals surface area contributed by atoms with Crippen molar-refractivity contribution in [3.05, 3.63) is 54.2 Å². The van der Waals surface area contributed by atoms with E-state index in [1.165, 1.54) is 13.0 Å². The normalized spacial score (nSPS) is 12.1. The van der Waals surface area contributed by atoms with Gasteiger partial charge in [0, 0.05) is 17.5 Å². The van der Waals surface area contributed by atoms with Gasteiger partial charge in [0.25, 0.3) is 5.91 Å². The van der Waals surface area contributed by atoms with Crippen LogP contribution in [-0.2, 0) is 9.53 Å². The second kappa shape index (κ2) is 7.49. The van der Waals surface area contributed by atoms with Gasteiger partial charge in [0.1, 0.15) is 17.1 Å². The molecule has 0 saturated carbocycles. The minimum atomic E-state index is -1.04. The van der Waals surface area contributed by atoms with Crippen molar-refractivity contribution in [2.45, 2.75) is 32.9 Å². The fourth-order valence-corrected chi connectivity index (χ4v) is 2.75. The summed E-state index contributed by atoms with van der Waals surface area (Å²) in [5.74, 6) is -0.889. The number of anilines is 1. The smallest absolute Gasteiger partial charge is 0.342 e. The molecular weight excluding hydrogens is 346 g/mol. The van der Waals surface area contributed by atoms with E-state index in [4.69, 9.17) is 4.74 Å². The largest absolute Gasteiger partial charge is 0.506 e. The maximum Gasteiger partial charge on any atom is 0.342 e. The molecule has 0 bridgehead atoms. The Balaban J connectivity index is 1.73. The summed E-state index contributed by atoms with van der Waals surface area (Å²) in [5, 5.41) is 18.5. The number of amides is 1. The molecule has 0 fully saturated rings. The van der Waals surface area contributed by atoms with Gasteiger partial charge in [-0.1, -0.05) is 30.3 Å². The Morgan fingerprint density at radius 3 is 2.59 bits per heavy atom. The number of fused-ring (bicyclic) bond motifs is 1. The van der Waals surface area contributed by atoms with Crippen LogP contribution < -0.4 is 5.32 Å². The molecule has 3 aromatic rings. The molecule has 1 aromatic heterocycles. The second-order valence-electron chi connectivity index (χ2n) is 6.47. The van der Waals surface area contributed by atoms with Crippen molar-refractivity contribution in [2.75, 3.05) is 5.32 Å². The van der Waals surface area contributed by atoms with Crippen LogP contribution in [0.3, 0.4) is 0 Å². The number of nitrogens with zero attached hydrogens (tertiary/aromatic N) is 2. The first-order chi connectivity index (χ1) is 12.9. The molecule has 0 radical (unpaired) electrons. The quantitative estimate of drug-likeness (QED) is 0.673. The lowest BCUT2D eigenvalue weighted by molar-refractivity contribution is -0.123. The number of nitrogens with one attached hydrogen (secondary N) is 1. The standard InChI is InChI=1S/C20H21N3O4/c1-12(2)23-17(10-11-21-23)22-19(25)13(3)27-20(26)16-9-8-14-6-4-5-7-15(14)18(16)24/h4-13,24H,1-3H3,(H,22,25)/t13-/m0/s1. The first-order valence-electron chi connectivity index (χ1n) is 8.64. The fourth-order valence-electron chi connectivity index (χ4n) is 2.75. The molecule has 140 valence electrons. The molecule has 2 N–H and O–H groups in total. The first-order valence-corrected chi connectivity index (χ1v) is 8.64. The van der Waals surface area contributed by atoms with E-state index in [1.54, 1.807) is 35.1 Å². The molecule has 7 heteroatoms. The van der Waals surface area contributed by atoms with Crippen LogP contribution in [0.5, 0.6) is 5.75 Å². The van der Waals surface area contributed by atoms with Crippen LogP contribution in [-0.4, -0.2) is 32.9 Å². The molecule has 0 saturated heterocycles. The van der Waals surface area contributed by atoms with Gasteiger partial charge in [-0.05, 0) is 32.2 Å². The van der Waals surface area contributed by atoms with E-state index in [-0.39, 0.29) is 17.4 Å². The highest BCUT2D eigenvalue weighted by molar-refractivity contribution is 6.02. The van der Waals surface area contributed by atoms with Crippen LogP contribution in [0.15, 0.2) is 48.7 Å². The van der Waals surface area contributed by atoms with Gasteiger partial charge in [-0.25, -0.2) is 9.48 Å². The second-order valence-corrected chi connectivity index (χ2v) is 6.47. The van der Waals surface area contributed by atoms with Gasteiger partial charge in [-0.2, -0.15) is 5.10 Å². The Morgan fingerprint density at radius 2 is 1.85 bits per heavy atom. The third-order valence-electron chi connectivity index (χ3n) is 4.18. The van der Waals surface area contributed by atoms with Gasteiger partial charge in [-0.15, -0.1) is 0 Å². The lowest BCUT2D eigenvalue weighted by Crippen LogP contribution is -2.31. The molecule has 2 aromatic carbocycles. The minimum absolute atomic E-state index is 0.0144. The maximum atomic E-state index is 12.4. The Morgan fingerprint density at radius 1 is 1.11 bits per heavy atom. The van der Waals surface area contributed by atoms with Gasteiger partial charge in [0.15, 0.2) is 6.10 Å². The number of rotatable bonds is 5. The number of hydrogen-bond acceptors (Lipinski definition) is 5. The molecule has 27 heavy (non-hydrogen) atoms. The third kappa shape index (κ3) is 3.76. The summed E-state index contributed by atoms with van der Waals surface area (Å²) >= 11 is 0. The van der Waals surface area contributed by atoms with E-state index in [1.807, 2.05) is 26.0 Å². The number of hydrogen-bond donors (Lipinski definition) is 2. The van der Waals surface area contributed by atoms with E-state index in [2.05, 4.69) is 10.4 Å². The van der Waals surface area contributed by atoms with Crippen LogP contribution >= 0.6 is 0 Å². The predicted octanol–water partition coefficient (Wildman–Crippen LogP) is 3.51. The third-order valence-corrected chi connectivity index (χ3v) is 4.18. The first kappa shape index (κ1) is 18.4. The van der Waals surface area contributed by atoms with Crippen LogP contribution in [0.2, 0.25) is 0 Å². The molecule has 0 aliphatic carbocycles. The molecule has 1 amide bonds. The number of phenols is 1. The SMILES string of the molecule is CC(C)n1nccc1NC(=O)[C@H](C)OC(=O)c1ccc2ccccc2c1O. The number of carbonyl (C=O) groups excluding carboxylic acids is 2. The van der Waals surface area contributed by atoms with Crippen LogP contribution in [0.1, 0.15) is 37.2 Å². The van der Waals surface area contributed by atoms with Crippen molar-refractivity contribution >= 4 is 28.5 Å². The van der Waals surface area contributed by atoms with E-state index >= 15 is 0 Å². The Kier molecular flexibility index (Phi) is 5.12. The van der Waals surface area contributed by atoms with E-state index in [0.717, 1.165) is 5.39 Å². The average Bonchev–Trinajstić information content (AvgIpc) is 3.10. The summed E-state index contributed by atoms with van der Waals surface area (Å²) in [7, 11) is 0. The van der Waals surface area contributed by atoms with Crippen molar-refractivity contribution in [2.24, 2.45) is 0 Å². The fraction of sp³-hybridized carbons (Fsp3) is 0.250. The molecule has 3 rings (SSSR count). The van der Waals surface area contributed by atoms with Gasteiger partial charge < -0.3 is 15.2 Å². The average molecular weight is 367 g/mol. The molecule has 0 spiro atoms. The van der Waals surface area contributed by atoms with Crippen molar-refractivity contribution in [1.82, 2.24) is 9.78 Å². The van der Waals surface area contributed by atoms with Crippen molar-refractivity contribution in [3.63, 3.8) is 0 Å². The van der Waals surface area contributed by atoms with E-state index in [0.29, 0.717) is 11.2 Å². The monoisotopic (exact) mass is 367 g/mol. The van der Waals surface area contributed by atoms with E-state index < -0.39 is 18.0 Å². The summed E-state index contributed by atoms with van der Waals surface area (Å²) in [6.07, 6.45) is 0.540. The molecule has 1 heterocycles. The summed E-state index contributed by atoms with van der Waals surface area (Å²) in [4.78, 5) is 24.8. The predicted molar refractivity (Wildman–Crippen MR) is 102 cm³/mol. The van der Waals surface area contributed by atoms with E-state index in [9.17, 15) is 14.7 Å². The molecule has 7 nitrogen and oxygen atoms in total. The maximum absolute atomic E-state index is 12.4. The van der Waals surface area contributed by atoms with Crippen molar-refractivity contribution < 1.29 is 19.4 Å². The Labute approximate surface area is 156 Å². The molecule has 0 aliphatic heterocycles. The Hall–Kier alpha value is -3.35. The zero-order valence-electron chi connectivity index (χ0n) is 15.3. The van der Waals surface area contributed by atoms with Gasteiger partial charge in [0.05, 0.1) is 6.20 Å². The molecular formula is C20H21N3O4. The van der Waals surface area contributed by atoms with Crippen molar-refractivity contribution in [1.29, 1.82) is 0 Å². The van der Waals surface area contributed by atoms with Gasteiger partial charge in [0.2, 0.25) is 0 Å². The minimum Gasteiger partial charge on any atom is -0.506 e. The lowest BCUT2D eigenvalue weighted by Gasteiger charge is -2.16. The van der Waals surface area contributed by atoms with Crippen LogP contribution in [0.25, 0.3) is 10.8 Å². The van der Waals surface area contributed by atoms with Gasteiger partial charge in [-0.3, -0.25) is 4.79 Å². The summed E-state index contributed by atoms with van der Waals surface area (Å²) in [6.45, 7) is 5.35. The number of phenolic OH excluding ortho intramolecular Hbond substituents is 1. The number of ether oxygens (including phenoxy) is 1. The molecule has 0 aliphatic rings. The molecule has 0 unspecified atom stereocenters. The van der Waals surface area contributed by atoms with Gasteiger partial charge >= 0.3 is 5.97 Å². The van der Waals surface area contributed by atoms with Crippen LogP contribution in [0.4, 0.5) is 5.82 Å². The number of aromatic nitrogens is 2. The van der Waals surface area contributed by atoms with Crippen molar-refractivity contribution in [3.8, 4) is 5.75 Å². The summed E-state index contributed by atoms with van der Waals surface area (Å²) in [6, 6.07) is 12.1. The molecule has 1 atom stereocenters. The zero-order valence-corrected chi connectivity index (χ0v) is 15.3. The number of esters is 1. The highest BCUT2D eigenvalue weighted by Crippen LogP contribution is 2.29. The lowest BCUT2D eigenvalue weighted by atomic mass is 10.1. The summed E-state index contributed by atoms with van der Waals surface area (Å²) < 4.78 is 6.89. The Bertz CT molecular complexity index is 994. The zero-order chi connectivity index (χ0) is 19.6. The highest BCUT2D eigenvalue weighted by Gasteiger charge is 2.23. The number of benzene rings is 2. The van der Waals surface area contributed by atoms with Crippen LogP contribution in [0, 0.1) is 0 Å². The highest BCUT2D eigenvalue weighted by atomic mass is 16.5.